The highest BCUT2D eigenvalue weighted by Gasteiger charge is 2.46. The van der Waals surface area contributed by atoms with Crippen molar-refractivity contribution in [2.24, 2.45) is 0 Å². The number of ketones is 1. The number of aliphatic hydroxyl groups is 1. The van der Waals surface area contributed by atoms with Gasteiger partial charge in [-0.1, -0.05) is 24.6 Å². The van der Waals surface area contributed by atoms with Gasteiger partial charge in [0.1, 0.15) is 11.6 Å². The van der Waals surface area contributed by atoms with Crippen molar-refractivity contribution in [3.05, 3.63) is 71.0 Å². The summed E-state index contributed by atoms with van der Waals surface area (Å²) in [5.41, 5.74) is 0.0544. The van der Waals surface area contributed by atoms with E-state index in [1.165, 1.54) is 61.5 Å². The number of hydrogen-bond acceptors (Lipinski definition) is 6. The van der Waals surface area contributed by atoms with Crippen LogP contribution in [0.3, 0.4) is 0 Å². The molecular formula is C26H30FN3O5S. The highest BCUT2D eigenvalue weighted by atomic mass is 32.2. The van der Waals surface area contributed by atoms with Gasteiger partial charge in [-0.3, -0.25) is 9.59 Å². The lowest BCUT2D eigenvalue weighted by Gasteiger charge is -2.31. The van der Waals surface area contributed by atoms with Crippen LogP contribution in [0.25, 0.3) is 5.76 Å². The molecule has 2 aliphatic rings. The monoisotopic (exact) mass is 515 g/mol. The molecule has 0 radical (unpaired) electrons. The van der Waals surface area contributed by atoms with Gasteiger partial charge in [0.25, 0.3) is 11.7 Å². The number of likely N-dealkylation sites (tertiary alicyclic amines) is 2. The van der Waals surface area contributed by atoms with E-state index in [1.54, 1.807) is 6.07 Å². The van der Waals surface area contributed by atoms with E-state index in [0.717, 1.165) is 36.7 Å². The highest BCUT2D eigenvalue weighted by Crippen LogP contribution is 2.40. The van der Waals surface area contributed by atoms with Crippen LogP contribution in [0.5, 0.6) is 0 Å². The summed E-state index contributed by atoms with van der Waals surface area (Å²) in [6.07, 6.45) is 3.29. The van der Waals surface area contributed by atoms with E-state index in [4.69, 9.17) is 0 Å². The summed E-state index contributed by atoms with van der Waals surface area (Å²) in [4.78, 5) is 29.8. The summed E-state index contributed by atoms with van der Waals surface area (Å²) >= 11 is 0. The molecule has 36 heavy (non-hydrogen) atoms. The van der Waals surface area contributed by atoms with E-state index in [1.807, 2.05) is 0 Å². The van der Waals surface area contributed by atoms with Gasteiger partial charge in [0.2, 0.25) is 10.0 Å². The Morgan fingerprint density at radius 2 is 1.64 bits per heavy atom. The van der Waals surface area contributed by atoms with Crippen LogP contribution in [-0.4, -0.2) is 79.6 Å². The average molecular weight is 516 g/mol. The molecule has 1 N–H and O–H groups in total. The summed E-state index contributed by atoms with van der Waals surface area (Å²) in [5, 5.41) is 11.2. The van der Waals surface area contributed by atoms with Crippen molar-refractivity contribution >= 4 is 27.5 Å². The molecule has 2 aromatic carbocycles. The third kappa shape index (κ3) is 4.93. The Balaban J connectivity index is 1.74. The summed E-state index contributed by atoms with van der Waals surface area (Å²) in [6, 6.07) is 10.1. The summed E-state index contributed by atoms with van der Waals surface area (Å²) in [7, 11) is -0.881. The van der Waals surface area contributed by atoms with E-state index in [0.29, 0.717) is 6.54 Å². The number of rotatable bonds is 7. The van der Waals surface area contributed by atoms with E-state index in [9.17, 15) is 27.5 Å². The van der Waals surface area contributed by atoms with Crippen LogP contribution in [-0.2, 0) is 19.6 Å². The Labute approximate surface area is 210 Å². The molecule has 0 aromatic heterocycles. The zero-order chi connectivity index (χ0) is 26.0. The van der Waals surface area contributed by atoms with Crippen molar-refractivity contribution in [1.82, 2.24) is 14.1 Å². The first kappa shape index (κ1) is 26.0. The molecule has 1 amide bonds. The summed E-state index contributed by atoms with van der Waals surface area (Å²) in [6.45, 7) is 2.54. The minimum atomic E-state index is -3.69. The molecule has 192 valence electrons. The smallest absolute Gasteiger partial charge is 0.295 e. The normalized spacial score (nSPS) is 20.9. The molecule has 10 heteroatoms. The largest absolute Gasteiger partial charge is 0.507 e. The fourth-order valence-electron chi connectivity index (χ4n) is 4.71. The number of carbonyl (C=O) groups is 2. The molecule has 2 fully saturated rings. The number of hydrogen-bond donors (Lipinski definition) is 1. The van der Waals surface area contributed by atoms with E-state index < -0.39 is 39.3 Å². The Hall–Kier alpha value is -3.08. The van der Waals surface area contributed by atoms with Crippen molar-refractivity contribution in [2.75, 3.05) is 40.3 Å². The molecule has 4 rings (SSSR count). The van der Waals surface area contributed by atoms with E-state index >= 15 is 0 Å². The molecule has 1 atom stereocenters. The fourth-order valence-corrected chi connectivity index (χ4v) is 5.62. The number of amides is 1. The van der Waals surface area contributed by atoms with E-state index in [-0.39, 0.29) is 28.1 Å². The zero-order valence-corrected chi connectivity index (χ0v) is 21.2. The summed E-state index contributed by atoms with van der Waals surface area (Å²) in [5.74, 6) is -2.76. The predicted molar refractivity (Wildman–Crippen MR) is 133 cm³/mol. The Kier molecular flexibility index (Phi) is 7.58. The summed E-state index contributed by atoms with van der Waals surface area (Å²) < 4.78 is 40.8. The third-order valence-corrected chi connectivity index (χ3v) is 8.58. The minimum Gasteiger partial charge on any atom is -0.507 e. The molecule has 2 aromatic rings. The molecule has 2 aliphatic heterocycles. The number of benzene rings is 2. The third-order valence-electron chi connectivity index (χ3n) is 6.75. The number of carbonyl (C=O) groups excluding carboxylic acids is 2. The topological polar surface area (TPSA) is 98.2 Å². The molecular weight excluding hydrogens is 485 g/mol. The first-order chi connectivity index (χ1) is 17.1. The maximum Gasteiger partial charge on any atom is 0.295 e. The molecule has 0 saturated carbocycles. The van der Waals surface area contributed by atoms with Gasteiger partial charge in [-0.05, 0) is 56.3 Å². The highest BCUT2D eigenvalue weighted by molar-refractivity contribution is 7.89. The average Bonchev–Trinajstić information content (AvgIpc) is 3.12. The van der Waals surface area contributed by atoms with Crippen molar-refractivity contribution in [3.8, 4) is 0 Å². The van der Waals surface area contributed by atoms with Gasteiger partial charge in [0.15, 0.2) is 0 Å². The first-order valence-electron chi connectivity index (χ1n) is 11.9. The first-order valence-corrected chi connectivity index (χ1v) is 13.3. The van der Waals surface area contributed by atoms with Crippen molar-refractivity contribution in [1.29, 1.82) is 0 Å². The minimum absolute atomic E-state index is 0.0108. The van der Waals surface area contributed by atoms with Crippen LogP contribution in [0.1, 0.15) is 36.4 Å². The zero-order valence-electron chi connectivity index (χ0n) is 20.4. The lowest BCUT2D eigenvalue weighted by atomic mass is 9.95. The Bertz CT molecular complexity index is 1280. The van der Waals surface area contributed by atoms with Crippen molar-refractivity contribution < 1.29 is 27.5 Å². The molecule has 2 heterocycles. The van der Waals surface area contributed by atoms with Crippen LogP contribution in [0.15, 0.2) is 59.0 Å². The van der Waals surface area contributed by atoms with Gasteiger partial charge in [0, 0.05) is 38.3 Å². The van der Waals surface area contributed by atoms with Crippen LogP contribution >= 0.6 is 0 Å². The van der Waals surface area contributed by atoms with Crippen LogP contribution in [0, 0.1) is 5.82 Å². The number of piperidine rings is 1. The Morgan fingerprint density at radius 1 is 1.00 bits per heavy atom. The van der Waals surface area contributed by atoms with Gasteiger partial charge in [0.05, 0.1) is 16.5 Å². The van der Waals surface area contributed by atoms with Gasteiger partial charge < -0.3 is 14.9 Å². The fraction of sp³-hybridized carbons (Fsp3) is 0.385. The number of Topliss-reactive ketones (excluding diaryl/α,β-unsaturated/α-hetero) is 1. The second-order valence-corrected chi connectivity index (χ2v) is 11.4. The molecule has 0 spiro atoms. The molecule has 2 saturated heterocycles. The lowest BCUT2D eigenvalue weighted by molar-refractivity contribution is -0.140. The number of nitrogens with zero attached hydrogens (tertiary/aromatic N) is 3. The van der Waals surface area contributed by atoms with Crippen LogP contribution in [0.2, 0.25) is 0 Å². The maximum absolute atomic E-state index is 14.9. The van der Waals surface area contributed by atoms with Gasteiger partial charge in [-0.25, -0.2) is 17.1 Å². The number of halogens is 1. The lowest BCUT2D eigenvalue weighted by Crippen LogP contribution is -2.40. The second-order valence-electron chi connectivity index (χ2n) is 9.23. The van der Waals surface area contributed by atoms with E-state index in [2.05, 4.69) is 4.90 Å². The quantitative estimate of drug-likeness (QED) is 0.346. The number of aliphatic hydroxyl groups excluding tert-OH is 1. The number of sulfonamides is 1. The molecule has 0 aliphatic carbocycles. The molecule has 0 unspecified atom stereocenters. The van der Waals surface area contributed by atoms with Gasteiger partial charge >= 0.3 is 0 Å². The van der Waals surface area contributed by atoms with Crippen molar-refractivity contribution in [2.45, 2.75) is 30.2 Å². The predicted octanol–water partition coefficient (Wildman–Crippen LogP) is 2.98. The van der Waals surface area contributed by atoms with Gasteiger partial charge in [-0.2, -0.15) is 0 Å². The van der Waals surface area contributed by atoms with Gasteiger partial charge in [-0.15, -0.1) is 0 Å². The standard InChI is InChI=1S/C26H30FN3O5S/c1-28(2)36(34,35)19-12-10-18(11-13-19)24(31)22-23(20-8-4-5-9-21(20)27)30(26(33)25(22)32)17-16-29-14-6-3-7-15-29/h4-5,8-13,23,31H,3,6-7,14-17H2,1-2H3/t23-/m0/s1. The maximum atomic E-state index is 14.9. The van der Waals surface area contributed by atoms with Crippen LogP contribution < -0.4 is 0 Å². The van der Waals surface area contributed by atoms with Crippen molar-refractivity contribution in [3.63, 3.8) is 0 Å². The Morgan fingerprint density at radius 3 is 2.25 bits per heavy atom. The van der Waals surface area contributed by atoms with Crippen LogP contribution in [0.4, 0.5) is 4.39 Å². The second kappa shape index (κ2) is 10.5. The SMILES string of the molecule is CN(C)S(=O)(=O)c1ccc(C(O)=C2C(=O)C(=O)N(CCN3CCCCC3)[C@H]2c2ccccc2F)cc1. The molecule has 0 bridgehead atoms. The molecule has 8 nitrogen and oxygen atoms in total.